The number of amides is 1. The van der Waals surface area contributed by atoms with Crippen LogP contribution in [-0.2, 0) is 0 Å². The van der Waals surface area contributed by atoms with Crippen LogP contribution in [0.5, 0.6) is 5.75 Å². The second-order valence-electron chi connectivity index (χ2n) is 3.83. The minimum absolute atomic E-state index is 0.283. The molecule has 1 heterocycles. The summed E-state index contributed by atoms with van der Waals surface area (Å²) in [6.07, 6.45) is 0. The number of methoxy groups -OCH3 is 1. The molecule has 0 aliphatic heterocycles. The molecule has 5 nitrogen and oxygen atoms in total. The molecule has 0 saturated heterocycles. The van der Waals surface area contributed by atoms with E-state index in [4.69, 9.17) is 10.00 Å². The van der Waals surface area contributed by atoms with Crippen molar-refractivity contribution in [3.8, 4) is 11.8 Å². The van der Waals surface area contributed by atoms with Gasteiger partial charge in [0.05, 0.1) is 24.4 Å². The largest absolute Gasteiger partial charge is 0.495 e. The first kappa shape index (κ1) is 14.0. The lowest BCUT2D eigenvalue weighted by Crippen LogP contribution is -2.14. The predicted molar refractivity (Wildman–Crippen MR) is 77.6 cm³/mol. The number of rotatable bonds is 3. The van der Waals surface area contributed by atoms with E-state index in [-0.39, 0.29) is 11.6 Å². The van der Waals surface area contributed by atoms with E-state index in [1.807, 2.05) is 6.07 Å². The molecular weight excluding hydrogens is 322 g/mol. The highest BCUT2D eigenvalue weighted by molar-refractivity contribution is 9.10. The van der Waals surface area contributed by atoms with Gasteiger partial charge in [0.2, 0.25) is 0 Å². The predicted octanol–water partition coefficient (Wildman–Crippen LogP) is 2.98. The fourth-order valence-electron chi connectivity index (χ4n) is 1.59. The first-order valence-electron chi connectivity index (χ1n) is 5.66. The van der Waals surface area contributed by atoms with Crippen molar-refractivity contribution in [1.82, 2.24) is 4.98 Å². The van der Waals surface area contributed by atoms with Crippen LogP contribution in [0.25, 0.3) is 0 Å². The van der Waals surface area contributed by atoms with Crippen molar-refractivity contribution in [2.24, 2.45) is 0 Å². The van der Waals surface area contributed by atoms with E-state index in [1.165, 1.54) is 7.11 Å². The van der Waals surface area contributed by atoms with Crippen LogP contribution in [0.1, 0.15) is 16.1 Å². The minimum Gasteiger partial charge on any atom is -0.495 e. The van der Waals surface area contributed by atoms with Gasteiger partial charge in [0.25, 0.3) is 5.91 Å². The Kier molecular flexibility index (Phi) is 4.33. The Labute approximate surface area is 124 Å². The number of benzene rings is 1. The molecule has 2 rings (SSSR count). The van der Waals surface area contributed by atoms with Crippen molar-refractivity contribution in [3.63, 3.8) is 0 Å². The quantitative estimate of drug-likeness (QED) is 0.877. The molecule has 0 aliphatic rings. The van der Waals surface area contributed by atoms with Crippen molar-refractivity contribution in [3.05, 3.63) is 52.3 Å². The molecule has 6 heteroatoms. The number of halogens is 1. The number of carbonyl (C=O) groups is 1. The molecule has 2 aromatic rings. The van der Waals surface area contributed by atoms with Gasteiger partial charge in [0.1, 0.15) is 16.0 Å². The molecule has 0 spiro atoms. The van der Waals surface area contributed by atoms with E-state index >= 15 is 0 Å². The SMILES string of the molecule is COc1cc(C#N)ccc1NC(=O)c1cccc(Br)n1. The Morgan fingerprint density at radius 1 is 1.40 bits per heavy atom. The van der Waals surface area contributed by atoms with E-state index in [2.05, 4.69) is 26.2 Å². The van der Waals surface area contributed by atoms with Crippen molar-refractivity contribution in [2.45, 2.75) is 0 Å². The summed E-state index contributed by atoms with van der Waals surface area (Å²) in [6.45, 7) is 0. The molecule has 0 radical (unpaired) electrons. The van der Waals surface area contributed by atoms with Gasteiger partial charge in [-0.05, 0) is 40.2 Å². The lowest BCUT2D eigenvalue weighted by Gasteiger charge is -2.10. The number of ether oxygens (including phenoxy) is 1. The summed E-state index contributed by atoms with van der Waals surface area (Å²) in [5.41, 5.74) is 1.23. The van der Waals surface area contributed by atoms with Gasteiger partial charge in [-0.25, -0.2) is 4.98 Å². The normalized spacial score (nSPS) is 9.65. The summed E-state index contributed by atoms with van der Waals surface area (Å²) in [5.74, 6) is 0.0710. The lowest BCUT2D eigenvalue weighted by atomic mass is 10.2. The lowest BCUT2D eigenvalue weighted by molar-refractivity contribution is 0.102. The third kappa shape index (κ3) is 3.13. The number of hydrogen-bond acceptors (Lipinski definition) is 4. The average Bonchev–Trinajstić information content (AvgIpc) is 2.47. The topological polar surface area (TPSA) is 75.0 Å². The van der Waals surface area contributed by atoms with Crippen molar-refractivity contribution < 1.29 is 9.53 Å². The van der Waals surface area contributed by atoms with Gasteiger partial charge in [0.15, 0.2) is 0 Å². The molecule has 0 bridgehead atoms. The first-order chi connectivity index (χ1) is 9.63. The zero-order valence-electron chi connectivity index (χ0n) is 10.6. The molecule has 100 valence electrons. The summed E-state index contributed by atoms with van der Waals surface area (Å²) in [6, 6.07) is 11.9. The Hall–Kier alpha value is -2.39. The molecule has 0 unspecified atom stereocenters. The summed E-state index contributed by atoms with van der Waals surface area (Å²) in [4.78, 5) is 16.1. The molecule has 1 N–H and O–H groups in total. The number of nitrogens with one attached hydrogen (secondary N) is 1. The highest BCUT2D eigenvalue weighted by atomic mass is 79.9. The number of anilines is 1. The monoisotopic (exact) mass is 331 g/mol. The third-order valence-corrected chi connectivity index (χ3v) is 2.97. The van der Waals surface area contributed by atoms with Crippen LogP contribution in [0.4, 0.5) is 5.69 Å². The summed E-state index contributed by atoms with van der Waals surface area (Å²) >= 11 is 3.21. The number of pyridine rings is 1. The number of hydrogen-bond donors (Lipinski definition) is 1. The fraction of sp³-hybridized carbons (Fsp3) is 0.0714. The standard InChI is InChI=1S/C14H10BrN3O2/c1-20-12-7-9(8-16)5-6-10(12)18-14(19)11-3-2-4-13(15)17-11/h2-7H,1H3,(H,18,19). The maximum atomic E-state index is 12.1. The van der Waals surface area contributed by atoms with E-state index in [1.54, 1.807) is 36.4 Å². The molecule has 1 aromatic heterocycles. The van der Waals surface area contributed by atoms with E-state index < -0.39 is 0 Å². The molecule has 0 saturated carbocycles. The molecule has 0 aliphatic carbocycles. The Balaban J connectivity index is 2.26. The zero-order chi connectivity index (χ0) is 14.5. The molecule has 0 fully saturated rings. The number of nitrogens with zero attached hydrogens (tertiary/aromatic N) is 2. The highest BCUT2D eigenvalue weighted by Gasteiger charge is 2.11. The first-order valence-corrected chi connectivity index (χ1v) is 6.45. The smallest absolute Gasteiger partial charge is 0.274 e. The van der Waals surface area contributed by atoms with Crippen LogP contribution in [0.2, 0.25) is 0 Å². The summed E-state index contributed by atoms with van der Waals surface area (Å²) in [7, 11) is 1.48. The maximum Gasteiger partial charge on any atom is 0.274 e. The molecule has 1 aromatic carbocycles. The van der Waals surface area contributed by atoms with Gasteiger partial charge in [-0.1, -0.05) is 6.07 Å². The molecule has 0 atom stereocenters. The van der Waals surface area contributed by atoms with Gasteiger partial charge in [-0.2, -0.15) is 5.26 Å². The van der Waals surface area contributed by atoms with Crippen LogP contribution >= 0.6 is 15.9 Å². The molecule has 1 amide bonds. The average molecular weight is 332 g/mol. The number of carbonyl (C=O) groups excluding carboxylic acids is 1. The number of aromatic nitrogens is 1. The van der Waals surface area contributed by atoms with E-state index in [9.17, 15) is 4.79 Å². The van der Waals surface area contributed by atoms with Gasteiger partial charge in [-0.3, -0.25) is 4.79 Å². The van der Waals surface area contributed by atoms with Gasteiger partial charge < -0.3 is 10.1 Å². The second-order valence-corrected chi connectivity index (χ2v) is 4.64. The van der Waals surface area contributed by atoms with E-state index in [0.717, 1.165) is 0 Å². The maximum absolute atomic E-state index is 12.1. The number of nitriles is 1. The zero-order valence-corrected chi connectivity index (χ0v) is 12.1. The van der Waals surface area contributed by atoms with Crippen molar-refractivity contribution >= 4 is 27.5 Å². The Morgan fingerprint density at radius 2 is 2.20 bits per heavy atom. The van der Waals surface area contributed by atoms with Gasteiger partial charge in [0, 0.05) is 6.07 Å². The minimum atomic E-state index is -0.352. The van der Waals surface area contributed by atoms with Crippen LogP contribution in [-0.4, -0.2) is 18.0 Å². The Bertz CT molecular complexity index is 695. The van der Waals surface area contributed by atoms with Crippen LogP contribution < -0.4 is 10.1 Å². The Morgan fingerprint density at radius 3 is 2.85 bits per heavy atom. The van der Waals surface area contributed by atoms with E-state index in [0.29, 0.717) is 21.6 Å². The van der Waals surface area contributed by atoms with Gasteiger partial charge in [-0.15, -0.1) is 0 Å². The second kappa shape index (κ2) is 6.17. The van der Waals surface area contributed by atoms with Crippen LogP contribution in [0, 0.1) is 11.3 Å². The summed E-state index contributed by atoms with van der Waals surface area (Å²) < 4.78 is 5.73. The van der Waals surface area contributed by atoms with Crippen LogP contribution in [0.3, 0.4) is 0 Å². The van der Waals surface area contributed by atoms with Crippen molar-refractivity contribution in [2.75, 3.05) is 12.4 Å². The van der Waals surface area contributed by atoms with Crippen molar-refractivity contribution in [1.29, 1.82) is 5.26 Å². The fourth-order valence-corrected chi connectivity index (χ4v) is 1.93. The van der Waals surface area contributed by atoms with Crippen LogP contribution in [0.15, 0.2) is 41.0 Å². The molecular formula is C14H10BrN3O2. The summed E-state index contributed by atoms with van der Waals surface area (Å²) in [5, 5.41) is 11.5. The van der Waals surface area contributed by atoms with Gasteiger partial charge >= 0.3 is 0 Å². The third-order valence-electron chi connectivity index (χ3n) is 2.53. The molecule has 20 heavy (non-hydrogen) atoms. The highest BCUT2D eigenvalue weighted by Crippen LogP contribution is 2.25.